The summed E-state index contributed by atoms with van der Waals surface area (Å²) >= 11 is 3.67. The first-order valence-corrected chi connectivity index (χ1v) is 9.23. The SMILES string of the molecule is Brc1cc2nc(-c3ccco3)c(-c3ccco3)nc2cc1-c1ccccc1. The molecule has 0 fully saturated rings. The topological polar surface area (TPSA) is 52.1 Å². The number of hydrogen-bond donors (Lipinski definition) is 0. The fourth-order valence-corrected chi connectivity index (χ4v) is 3.65. The van der Waals surface area contributed by atoms with Crippen molar-refractivity contribution in [3.63, 3.8) is 0 Å². The average Bonchev–Trinajstić information content (AvgIpc) is 3.41. The number of aromatic nitrogens is 2. The zero-order valence-electron chi connectivity index (χ0n) is 14.1. The van der Waals surface area contributed by atoms with Gasteiger partial charge in [0.1, 0.15) is 11.4 Å². The number of rotatable bonds is 3. The molecular formula is C22H13BrN2O2. The molecule has 0 atom stereocenters. The fraction of sp³-hybridized carbons (Fsp3) is 0. The predicted octanol–water partition coefficient (Wildman–Crippen LogP) is 6.58. The molecule has 3 aromatic heterocycles. The van der Waals surface area contributed by atoms with E-state index < -0.39 is 0 Å². The molecule has 0 N–H and O–H groups in total. The highest BCUT2D eigenvalue weighted by atomic mass is 79.9. The Morgan fingerprint density at radius 1 is 0.667 bits per heavy atom. The van der Waals surface area contributed by atoms with Gasteiger partial charge < -0.3 is 8.83 Å². The third kappa shape index (κ3) is 2.86. The Hall–Kier alpha value is -3.18. The molecule has 27 heavy (non-hydrogen) atoms. The lowest BCUT2D eigenvalue weighted by atomic mass is 10.0. The van der Waals surface area contributed by atoms with E-state index in [1.807, 2.05) is 54.6 Å². The second-order valence-corrected chi connectivity index (χ2v) is 6.92. The average molecular weight is 417 g/mol. The third-order valence-corrected chi connectivity index (χ3v) is 5.00. The van der Waals surface area contributed by atoms with Gasteiger partial charge in [-0.15, -0.1) is 0 Å². The molecule has 0 saturated carbocycles. The molecule has 4 nitrogen and oxygen atoms in total. The quantitative estimate of drug-likeness (QED) is 0.333. The molecule has 5 heteroatoms. The molecule has 0 radical (unpaired) electrons. The Morgan fingerprint density at radius 2 is 1.26 bits per heavy atom. The summed E-state index contributed by atoms with van der Waals surface area (Å²) in [5.41, 5.74) is 5.06. The summed E-state index contributed by atoms with van der Waals surface area (Å²) in [6, 6.07) is 21.6. The molecule has 0 amide bonds. The third-order valence-electron chi connectivity index (χ3n) is 4.35. The van der Waals surface area contributed by atoms with Crippen LogP contribution in [0.2, 0.25) is 0 Å². The monoisotopic (exact) mass is 416 g/mol. The van der Waals surface area contributed by atoms with Crippen LogP contribution in [0.3, 0.4) is 0 Å². The predicted molar refractivity (Wildman–Crippen MR) is 108 cm³/mol. The maximum Gasteiger partial charge on any atom is 0.154 e. The van der Waals surface area contributed by atoms with Gasteiger partial charge in [0.05, 0.1) is 23.6 Å². The van der Waals surface area contributed by atoms with Crippen LogP contribution in [0.15, 0.2) is 92.6 Å². The number of nitrogens with zero attached hydrogens (tertiary/aromatic N) is 2. The second-order valence-electron chi connectivity index (χ2n) is 6.06. The van der Waals surface area contributed by atoms with Gasteiger partial charge in [0.15, 0.2) is 11.5 Å². The lowest BCUT2D eigenvalue weighted by Crippen LogP contribution is -1.95. The Morgan fingerprint density at radius 3 is 1.81 bits per heavy atom. The van der Waals surface area contributed by atoms with Gasteiger partial charge in [-0.3, -0.25) is 0 Å². The minimum Gasteiger partial charge on any atom is -0.463 e. The summed E-state index contributed by atoms with van der Waals surface area (Å²) in [5, 5.41) is 0. The van der Waals surface area contributed by atoms with Crippen molar-refractivity contribution in [2.75, 3.05) is 0 Å². The summed E-state index contributed by atoms with van der Waals surface area (Å²) in [6.07, 6.45) is 3.26. The van der Waals surface area contributed by atoms with Gasteiger partial charge in [-0.2, -0.15) is 0 Å². The standard InChI is InChI=1S/C22H13BrN2O2/c23-16-13-18-17(12-15(16)14-6-2-1-3-7-14)24-21(19-8-4-10-26-19)22(25-18)20-9-5-11-27-20/h1-13H. The molecule has 130 valence electrons. The zero-order chi connectivity index (χ0) is 18.2. The molecule has 5 rings (SSSR count). The highest BCUT2D eigenvalue weighted by molar-refractivity contribution is 9.10. The van der Waals surface area contributed by atoms with Gasteiger partial charge in [0, 0.05) is 4.47 Å². The van der Waals surface area contributed by atoms with Crippen LogP contribution < -0.4 is 0 Å². The van der Waals surface area contributed by atoms with Crippen LogP contribution >= 0.6 is 15.9 Å². The molecule has 0 bridgehead atoms. The summed E-state index contributed by atoms with van der Waals surface area (Å²) in [6.45, 7) is 0. The summed E-state index contributed by atoms with van der Waals surface area (Å²) in [7, 11) is 0. The highest BCUT2D eigenvalue weighted by Gasteiger charge is 2.18. The highest BCUT2D eigenvalue weighted by Crippen LogP contribution is 2.35. The van der Waals surface area contributed by atoms with E-state index in [2.05, 4.69) is 28.1 Å². The number of benzene rings is 2. The Balaban J connectivity index is 1.78. The Labute approximate surface area is 163 Å². The van der Waals surface area contributed by atoms with E-state index in [0.29, 0.717) is 22.9 Å². The van der Waals surface area contributed by atoms with E-state index in [1.54, 1.807) is 12.5 Å². The Kier molecular flexibility index (Phi) is 3.87. The summed E-state index contributed by atoms with van der Waals surface area (Å²) < 4.78 is 12.1. The molecular weight excluding hydrogens is 404 g/mol. The van der Waals surface area contributed by atoms with E-state index in [4.69, 9.17) is 18.8 Å². The van der Waals surface area contributed by atoms with E-state index >= 15 is 0 Å². The summed E-state index contributed by atoms with van der Waals surface area (Å²) in [5.74, 6) is 1.30. The first-order valence-electron chi connectivity index (χ1n) is 8.44. The van der Waals surface area contributed by atoms with Crippen molar-refractivity contribution in [2.45, 2.75) is 0 Å². The molecule has 5 aromatic rings. The van der Waals surface area contributed by atoms with Crippen molar-refractivity contribution in [3.8, 4) is 34.0 Å². The van der Waals surface area contributed by atoms with Gasteiger partial charge in [-0.1, -0.05) is 46.3 Å². The number of furan rings is 2. The van der Waals surface area contributed by atoms with Crippen LogP contribution in [0.25, 0.3) is 45.1 Å². The van der Waals surface area contributed by atoms with Crippen molar-refractivity contribution in [1.29, 1.82) is 0 Å². The van der Waals surface area contributed by atoms with Gasteiger partial charge in [0.2, 0.25) is 0 Å². The minimum atomic E-state index is 0.652. The molecule has 3 heterocycles. The molecule has 0 aliphatic heterocycles. The smallest absolute Gasteiger partial charge is 0.154 e. The fourth-order valence-electron chi connectivity index (χ4n) is 3.09. The molecule has 0 saturated heterocycles. The van der Waals surface area contributed by atoms with E-state index in [9.17, 15) is 0 Å². The van der Waals surface area contributed by atoms with E-state index in [-0.39, 0.29) is 0 Å². The molecule has 2 aromatic carbocycles. The number of halogens is 1. The first kappa shape index (κ1) is 16.0. The normalized spacial score (nSPS) is 11.1. The lowest BCUT2D eigenvalue weighted by Gasteiger charge is -2.10. The minimum absolute atomic E-state index is 0.652. The molecule has 0 aliphatic carbocycles. The summed E-state index contributed by atoms with van der Waals surface area (Å²) in [4.78, 5) is 9.69. The number of hydrogen-bond acceptors (Lipinski definition) is 4. The molecule has 0 spiro atoms. The van der Waals surface area contributed by atoms with Crippen molar-refractivity contribution in [1.82, 2.24) is 9.97 Å². The van der Waals surface area contributed by atoms with Crippen LogP contribution in [0.1, 0.15) is 0 Å². The number of fused-ring (bicyclic) bond motifs is 1. The Bertz CT molecular complexity index is 1210. The molecule has 0 unspecified atom stereocenters. The van der Waals surface area contributed by atoms with Gasteiger partial charge >= 0.3 is 0 Å². The van der Waals surface area contributed by atoms with Gasteiger partial charge in [-0.05, 0) is 47.5 Å². The van der Waals surface area contributed by atoms with Crippen molar-refractivity contribution < 1.29 is 8.83 Å². The van der Waals surface area contributed by atoms with Crippen molar-refractivity contribution in [2.24, 2.45) is 0 Å². The van der Waals surface area contributed by atoms with Crippen LogP contribution in [0.5, 0.6) is 0 Å². The second kappa shape index (κ2) is 6.52. The zero-order valence-corrected chi connectivity index (χ0v) is 15.7. The van der Waals surface area contributed by atoms with E-state index in [0.717, 1.165) is 26.6 Å². The van der Waals surface area contributed by atoms with Crippen LogP contribution in [0.4, 0.5) is 0 Å². The van der Waals surface area contributed by atoms with Crippen molar-refractivity contribution >= 4 is 27.0 Å². The van der Waals surface area contributed by atoms with Gasteiger partial charge in [0.25, 0.3) is 0 Å². The van der Waals surface area contributed by atoms with Crippen molar-refractivity contribution in [3.05, 3.63) is 83.7 Å². The van der Waals surface area contributed by atoms with Crippen LogP contribution in [-0.2, 0) is 0 Å². The van der Waals surface area contributed by atoms with Crippen LogP contribution in [0, 0.1) is 0 Å². The molecule has 0 aliphatic rings. The lowest BCUT2D eigenvalue weighted by molar-refractivity contribution is 0.572. The largest absolute Gasteiger partial charge is 0.463 e. The first-order chi connectivity index (χ1) is 13.3. The van der Waals surface area contributed by atoms with Gasteiger partial charge in [-0.25, -0.2) is 9.97 Å². The maximum atomic E-state index is 5.59. The van der Waals surface area contributed by atoms with E-state index in [1.165, 1.54) is 0 Å². The maximum absolute atomic E-state index is 5.59. The van der Waals surface area contributed by atoms with Crippen LogP contribution in [-0.4, -0.2) is 9.97 Å².